The summed E-state index contributed by atoms with van der Waals surface area (Å²) in [6.45, 7) is 13.4. The summed E-state index contributed by atoms with van der Waals surface area (Å²) >= 11 is 0. The number of hydroxylamine groups is 2. The third-order valence-corrected chi connectivity index (χ3v) is 5.32. The number of benzene rings is 1. The van der Waals surface area contributed by atoms with Gasteiger partial charge >= 0.3 is 12.1 Å². The average Bonchev–Trinajstić information content (AvgIpc) is 2.83. The van der Waals surface area contributed by atoms with Crippen molar-refractivity contribution in [3.8, 4) is 5.75 Å². The summed E-state index contributed by atoms with van der Waals surface area (Å²) in [5.41, 5.74) is 0.156. The lowest BCUT2D eigenvalue weighted by molar-refractivity contribution is -0.185. The predicted molar refractivity (Wildman–Crippen MR) is 121 cm³/mol. The number of ether oxygens (including phenoxy) is 3. The van der Waals surface area contributed by atoms with Crippen molar-refractivity contribution in [2.75, 3.05) is 13.7 Å². The van der Waals surface area contributed by atoms with Crippen LogP contribution in [0.2, 0.25) is 0 Å². The van der Waals surface area contributed by atoms with E-state index in [-0.39, 0.29) is 6.42 Å². The average molecular weight is 449 g/mol. The molecule has 1 atom stereocenters. The monoisotopic (exact) mass is 448 g/mol. The molecule has 2 rings (SSSR count). The fraction of sp³-hybridized carbons (Fsp3) is 0.583. The third-order valence-electron chi connectivity index (χ3n) is 5.32. The molecule has 0 aliphatic carbocycles. The Morgan fingerprint density at radius 1 is 1.12 bits per heavy atom. The molecule has 1 aromatic carbocycles. The molecule has 0 saturated carbocycles. The van der Waals surface area contributed by atoms with Gasteiger partial charge in [0, 0.05) is 6.42 Å². The van der Waals surface area contributed by atoms with E-state index >= 15 is 0 Å². The Labute approximate surface area is 190 Å². The molecule has 0 aromatic heterocycles. The molecule has 1 amide bonds. The van der Waals surface area contributed by atoms with Crippen molar-refractivity contribution in [2.24, 2.45) is 0 Å². The zero-order valence-corrected chi connectivity index (χ0v) is 20.3. The highest BCUT2D eigenvalue weighted by Gasteiger charge is 2.45. The van der Waals surface area contributed by atoms with E-state index < -0.39 is 34.8 Å². The highest BCUT2D eigenvalue weighted by molar-refractivity contribution is 5.81. The second-order valence-electron chi connectivity index (χ2n) is 10.1. The Morgan fingerprint density at radius 2 is 1.72 bits per heavy atom. The molecule has 1 heterocycles. The van der Waals surface area contributed by atoms with Crippen molar-refractivity contribution < 1.29 is 29.0 Å². The molecule has 2 N–H and O–H groups in total. The first-order chi connectivity index (χ1) is 14.7. The SMILES string of the molecule is COC(=O)[C@H](Cc1ccc(OCC2=CC(C)(C)N(O)C2(C)C)cc1)NC(=O)OC(C)(C)C. The van der Waals surface area contributed by atoms with Crippen LogP contribution in [0.3, 0.4) is 0 Å². The number of rotatable bonds is 7. The van der Waals surface area contributed by atoms with Crippen LogP contribution < -0.4 is 10.1 Å². The maximum Gasteiger partial charge on any atom is 0.408 e. The lowest BCUT2D eigenvalue weighted by atomic mass is 9.97. The van der Waals surface area contributed by atoms with Gasteiger partial charge in [0.05, 0.1) is 18.2 Å². The Bertz CT molecular complexity index is 852. The van der Waals surface area contributed by atoms with Gasteiger partial charge in [0.1, 0.15) is 24.0 Å². The van der Waals surface area contributed by atoms with Crippen molar-refractivity contribution in [1.82, 2.24) is 10.4 Å². The second-order valence-corrected chi connectivity index (χ2v) is 10.1. The van der Waals surface area contributed by atoms with E-state index in [1.807, 2.05) is 58.0 Å². The minimum atomic E-state index is -0.871. The number of hydrogen-bond acceptors (Lipinski definition) is 7. The Hall–Kier alpha value is -2.58. The summed E-state index contributed by atoms with van der Waals surface area (Å²) in [6.07, 6.45) is 1.59. The molecule has 0 spiro atoms. The van der Waals surface area contributed by atoms with Crippen LogP contribution in [0.5, 0.6) is 5.75 Å². The molecule has 32 heavy (non-hydrogen) atoms. The van der Waals surface area contributed by atoms with Gasteiger partial charge in [-0.05, 0) is 71.7 Å². The number of esters is 1. The normalized spacial score (nSPS) is 18.5. The fourth-order valence-corrected chi connectivity index (χ4v) is 3.64. The van der Waals surface area contributed by atoms with Gasteiger partial charge < -0.3 is 24.7 Å². The van der Waals surface area contributed by atoms with Crippen LogP contribution in [0.1, 0.15) is 54.0 Å². The standard InChI is InChI=1S/C24H36N2O6/c1-22(2,3)32-21(28)25-19(20(27)30-8)13-16-9-11-18(12-10-16)31-15-17-14-23(4,5)26(29)24(17,6)7/h9-12,14,19,29H,13,15H2,1-8H3,(H,25,28)/t19-/m0/s1. The minimum absolute atomic E-state index is 0.248. The van der Waals surface area contributed by atoms with Gasteiger partial charge in [-0.15, -0.1) is 0 Å². The molecular weight excluding hydrogens is 412 g/mol. The van der Waals surface area contributed by atoms with E-state index in [1.54, 1.807) is 20.8 Å². The first-order valence-corrected chi connectivity index (χ1v) is 10.7. The van der Waals surface area contributed by atoms with E-state index in [0.717, 1.165) is 11.1 Å². The van der Waals surface area contributed by atoms with Gasteiger partial charge in [-0.1, -0.05) is 18.2 Å². The van der Waals surface area contributed by atoms with Crippen LogP contribution in [0, 0.1) is 0 Å². The Kier molecular flexibility index (Phi) is 7.63. The van der Waals surface area contributed by atoms with E-state index in [2.05, 4.69) is 5.32 Å². The van der Waals surface area contributed by atoms with E-state index in [4.69, 9.17) is 14.2 Å². The van der Waals surface area contributed by atoms with Crippen LogP contribution in [0.4, 0.5) is 4.79 Å². The number of carbonyl (C=O) groups is 2. The molecule has 8 heteroatoms. The number of amides is 1. The number of nitrogens with one attached hydrogen (secondary N) is 1. The van der Waals surface area contributed by atoms with Crippen LogP contribution >= 0.6 is 0 Å². The summed E-state index contributed by atoms with van der Waals surface area (Å²) in [6, 6.07) is 6.41. The largest absolute Gasteiger partial charge is 0.489 e. The fourth-order valence-electron chi connectivity index (χ4n) is 3.64. The topological polar surface area (TPSA) is 97.3 Å². The zero-order chi connectivity index (χ0) is 24.3. The quantitative estimate of drug-likeness (QED) is 0.483. The van der Waals surface area contributed by atoms with Crippen molar-refractivity contribution >= 4 is 12.1 Å². The number of alkyl carbamates (subject to hydrolysis) is 1. The van der Waals surface area contributed by atoms with Crippen molar-refractivity contribution in [1.29, 1.82) is 0 Å². The van der Waals surface area contributed by atoms with Crippen LogP contribution in [-0.2, 0) is 20.7 Å². The number of carbonyl (C=O) groups excluding carboxylic acids is 2. The number of methoxy groups -OCH3 is 1. The van der Waals surface area contributed by atoms with Crippen molar-refractivity contribution in [2.45, 2.75) is 77.6 Å². The Morgan fingerprint density at radius 3 is 2.19 bits per heavy atom. The van der Waals surface area contributed by atoms with Gasteiger partial charge in [0.25, 0.3) is 0 Å². The summed E-state index contributed by atoms with van der Waals surface area (Å²) in [4.78, 5) is 24.2. The van der Waals surface area contributed by atoms with Gasteiger partial charge in [-0.3, -0.25) is 0 Å². The molecule has 178 valence electrons. The van der Waals surface area contributed by atoms with Crippen LogP contribution in [0.15, 0.2) is 35.9 Å². The molecule has 1 aromatic rings. The molecule has 0 unspecified atom stereocenters. The molecular formula is C24H36N2O6. The number of hydrogen-bond donors (Lipinski definition) is 2. The third kappa shape index (κ3) is 6.46. The van der Waals surface area contributed by atoms with Gasteiger partial charge in [0.15, 0.2) is 0 Å². The summed E-state index contributed by atoms with van der Waals surface area (Å²) in [7, 11) is 1.27. The summed E-state index contributed by atoms with van der Waals surface area (Å²) in [5.74, 6) is 0.108. The highest BCUT2D eigenvalue weighted by atomic mass is 16.6. The summed E-state index contributed by atoms with van der Waals surface area (Å²) in [5, 5.41) is 14.3. The highest BCUT2D eigenvalue weighted by Crippen LogP contribution is 2.38. The summed E-state index contributed by atoms with van der Waals surface area (Å²) < 4.78 is 16.0. The first kappa shape index (κ1) is 25.7. The maximum atomic E-state index is 12.1. The van der Waals surface area contributed by atoms with E-state index in [0.29, 0.717) is 12.4 Å². The smallest absolute Gasteiger partial charge is 0.408 e. The van der Waals surface area contributed by atoms with Crippen molar-refractivity contribution in [3.05, 3.63) is 41.5 Å². The number of nitrogens with zero attached hydrogens (tertiary/aromatic N) is 1. The lowest BCUT2D eigenvalue weighted by Gasteiger charge is -2.36. The lowest BCUT2D eigenvalue weighted by Crippen LogP contribution is -2.48. The van der Waals surface area contributed by atoms with E-state index in [9.17, 15) is 14.8 Å². The molecule has 8 nitrogen and oxygen atoms in total. The first-order valence-electron chi connectivity index (χ1n) is 10.7. The molecule has 0 saturated heterocycles. The van der Waals surface area contributed by atoms with E-state index in [1.165, 1.54) is 12.2 Å². The molecule has 0 fully saturated rings. The minimum Gasteiger partial charge on any atom is -0.489 e. The molecule has 0 radical (unpaired) electrons. The predicted octanol–water partition coefficient (Wildman–Crippen LogP) is 3.86. The van der Waals surface area contributed by atoms with Crippen LogP contribution in [0.25, 0.3) is 0 Å². The zero-order valence-electron chi connectivity index (χ0n) is 20.3. The van der Waals surface area contributed by atoms with Gasteiger partial charge in [-0.2, -0.15) is 5.06 Å². The second kappa shape index (κ2) is 9.50. The van der Waals surface area contributed by atoms with Crippen molar-refractivity contribution in [3.63, 3.8) is 0 Å². The molecule has 1 aliphatic heterocycles. The maximum absolute atomic E-state index is 12.1. The molecule has 0 bridgehead atoms. The van der Waals surface area contributed by atoms with Gasteiger partial charge in [0.2, 0.25) is 0 Å². The van der Waals surface area contributed by atoms with Crippen LogP contribution in [-0.4, -0.2) is 58.8 Å². The Balaban J connectivity index is 2.01. The molecule has 1 aliphatic rings. The van der Waals surface area contributed by atoms with Gasteiger partial charge in [-0.25, -0.2) is 9.59 Å².